The SMILES string of the molecule is Cc1ccc(C)c(C(O)CN(C)CC2CCCCC2)c1. The normalized spacial score (nSPS) is 18.4. The van der Waals surface area contributed by atoms with Gasteiger partial charge in [-0.15, -0.1) is 0 Å². The van der Waals surface area contributed by atoms with Crippen LogP contribution < -0.4 is 0 Å². The fourth-order valence-electron chi connectivity index (χ4n) is 3.40. The number of benzene rings is 1. The maximum Gasteiger partial charge on any atom is 0.0919 e. The predicted molar refractivity (Wildman–Crippen MR) is 84.9 cm³/mol. The van der Waals surface area contributed by atoms with Crippen LogP contribution in [0.2, 0.25) is 0 Å². The molecule has 20 heavy (non-hydrogen) atoms. The van der Waals surface area contributed by atoms with Crippen molar-refractivity contribution in [3.05, 3.63) is 34.9 Å². The summed E-state index contributed by atoms with van der Waals surface area (Å²) in [6, 6.07) is 6.33. The Morgan fingerprint density at radius 1 is 1.20 bits per heavy atom. The summed E-state index contributed by atoms with van der Waals surface area (Å²) in [5, 5.41) is 10.5. The van der Waals surface area contributed by atoms with Crippen LogP contribution in [-0.4, -0.2) is 30.1 Å². The zero-order valence-corrected chi connectivity index (χ0v) is 13.2. The van der Waals surface area contributed by atoms with Gasteiger partial charge in [-0.3, -0.25) is 0 Å². The minimum Gasteiger partial charge on any atom is -0.387 e. The summed E-state index contributed by atoms with van der Waals surface area (Å²) in [6.07, 6.45) is 6.54. The highest BCUT2D eigenvalue weighted by Crippen LogP contribution is 2.25. The first-order valence-electron chi connectivity index (χ1n) is 8.00. The topological polar surface area (TPSA) is 23.5 Å². The standard InChI is InChI=1S/C18H29NO/c1-14-9-10-15(2)17(11-14)18(20)13-19(3)12-16-7-5-4-6-8-16/h9-11,16,18,20H,4-8,12-13H2,1-3H3. The third-order valence-corrected chi connectivity index (χ3v) is 4.57. The van der Waals surface area contributed by atoms with Gasteiger partial charge in [-0.25, -0.2) is 0 Å². The molecule has 1 aromatic rings. The van der Waals surface area contributed by atoms with Crippen LogP contribution in [0.1, 0.15) is 54.9 Å². The molecule has 0 spiro atoms. The number of hydrogen-bond acceptors (Lipinski definition) is 2. The molecule has 0 aromatic heterocycles. The molecule has 2 heteroatoms. The van der Waals surface area contributed by atoms with Crippen LogP contribution in [0.25, 0.3) is 0 Å². The van der Waals surface area contributed by atoms with Gasteiger partial charge in [0.2, 0.25) is 0 Å². The van der Waals surface area contributed by atoms with E-state index in [1.165, 1.54) is 43.2 Å². The Morgan fingerprint density at radius 3 is 2.60 bits per heavy atom. The Morgan fingerprint density at radius 2 is 1.90 bits per heavy atom. The zero-order chi connectivity index (χ0) is 14.5. The van der Waals surface area contributed by atoms with Crippen molar-refractivity contribution in [3.63, 3.8) is 0 Å². The summed E-state index contributed by atoms with van der Waals surface area (Å²) in [5.74, 6) is 0.833. The Balaban J connectivity index is 1.89. The largest absolute Gasteiger partial charge is 0.387 e. The van der Waals surface area contributed by atoms with Gasteiger partial charge in [0.25, 0.3) is 0 Å². The molecule has 1 aliphatic carbocycles. The number of rotatable bonds is 5. The quantitative estimate of drug-likeness (QED) is 0.882. The smallest absolute Gasteiger partial charge is 0.0919 e. The van der Waals surface area contributed by atoms with Crippen molar-refractivity contribution in [1.29, 1.82) is 0 Å². The number of hydrogen-bond donors (Lipinski definition) is 1. The monoisotopic (exact) mass is 275 g/mol. The van der Waals surface area contributed by atoms with Crippen LogP contribution in [0.3, 0.4) is 0 Å². The molecule has 1 saturated carbocycles. The summed E-state index contributed by atoms with van der Waals surface area (Å²) < 4.78 is 0. The average Bonchev–Trinajstić information content (AvgIpc) is 2.42. The molecule has 1 aliphatic rings. The van der Waals surface area contributed by atoms with Gasteiger partial charge in [0.1, 0.15) is 0 Å². The van der Waals surface area contributed by atoms with Crippen molar-refractivity contribution < 1.29 is 5.11 Å². The van der Waals surface area contributed by atoms with Crippen molar-refractivity contribution in [3.8, 4) is 0 Å². The van der Waals surface area contributed by atoms with E-state index >= 15 is 0 Å². The molecule has 1 N–H and O–H groups in total. The van der Waals surface area contributed by atoms with Gasteiger partial charge >= 0.3 is 0 Å². The van der Waals surface area contributed by atoms with Crippen molar-refractivity contribution in [2.45, 2.75) is 52.1 Å². The Kier molecular flexibility index (Phi) is 5.62. The maximum absolute atomic E-state index is 10.5. The molecular weight excluding hydrogens is 246 g/mol. The predicted octanol–water partition coefficient (Wildman–Crippen LogP) is 3.85. The summed E-state index contributed by atoms with van der Waals surface area (Å²) >= 11 is 0. The second-order valence-corrected chi connectivity index (χ2v) is 6.60. The van der Waals surface area contributed by atoms with E-state index in [4.69, 9.17) is 0 Å². The first-order chi connectivity index (χ1) is 9.56. The van der Waals surface area contributed by atoms with Crippen LogP contribution in [0.5, 0.6) is 0 Å². The number of likely N-dealkylation sites (N-methyl/N-ethyl adjacent to an activating group) is 1. The number of aliphatic hydroxyl groups excluding tert-OH is 1. The summed E-state index contributed by atoms with van der Waals surface area (Å²) in [5.41, 5.74) is 3.49. The molecule has 0 aliphatic heterocycles. The Hall–Kier alpha value is -0.860. The highest BCUT2D eigenvalue weighted by atomic mass is 16.3. The highest BCUT2D eigenvalue weighted by Gasteiger charge is 2.18. The van der Waals surface area contributed by atoms with Crippen molar-refractivity contribution in [2.24, 2.45) is 5.92 Å². The van der Waals surface area contributed by atoms with Crippen LogP contribution >= 0.6 is 0 Å². The Labute approximate surface area is 123 Å². The lowest BCUT2D eigenvalue weighted by atomic mass is 9.89. The van der Waals surface area contributed by atoms with Gasteiger partial charge in [0.05, 0.1) is 6.10 Å². The van der Waals surface area contributed by atoms with Gasteiger partial charge in [0, 0.05) is 13.1 Å². The lowest BCUT2D eigenvalue weighted by molar-refractivity contribution is 0.112. The first kappa shape index (κ1) is 15.5. The fraction of sp³-hybridized carbons (Fsp3) is 0.667. The summed E-state index contributed by atoms with van der Waals surface area (Å²) in [7, 11) is 2.14. The lowest BCUT2D eigenvalue weighted by Gasteiger charge is -2.28. The van der Waals surface area contributed by atoms with E-state index in [0.29, 0.717) is 0 Å². The second kappa shape index (κ2) is 7.24. The molecule has 112 valence electrons. The molecular formula is C18H29NO. The third kappa shape index (κ3) is 4.32. The van der Waals surface area contributed by atoms with Crippen LogP contribution in [-0.2, 0) is 0 Å². The molecule has 2 nitrogen and oxygen atoms in total. The molecule has 1 atom stereocenters. The molecule has 0 heterocycles. The van der Waals surface area contributed by atoms with Gasteiger partial charge in [-0.2, -0.15) is 0 Å². The van der Waals surface area contributed by atoms with Crippen molar-refractivity contribution in [2.75, 3.05) is 20.1 Å². The van der Waals surface area contributed by atoms with E-state index in [9.17, 15) is 5.11 Å². The molecule has 1 aromatic carbocycles. The van der Waals surface area contributed by atoms with E-state index in [-0.39, 0.29) is 6.10 Å². The van der Waals surface area contributed by atoms with Gasteiger partial charge in [0.15, 0.2) is 0 Å². The number of nitrogens with zero attached hydrogens (tertiary/aromatic N) is 1. The number of aliphatic hydroxyl groups is 1. The summed E-state index contributed by atoms with van der Waals surface area (Å²) in [6.45, 7) is 6.03. The lowest BCUT2D eigenvalue weighted by Crippen LogP contribution is -2.31. The van der Waals surface area contributed by atoms with E-state index in [0.717, 1.165) is 24.6 Å². The molecule has 0 saturated heterocycles. The van der Waals surface area contributed by atoms with Crippen molar-refractivity contribution >= 4 is 0 Å². The maximum atomic E-state index is 10.5. The number of aryl methyl sites for hydroxylation is 2. The first-order valence-corrected chi connectivity index (χ1v) is 8.00. The molecule has 0 radical (unpaired) electrons. The van der Waals surface area contributed by atoms with Crippen LogP contribution in [0, 0.1) is 19.8 Å². The highest BCUT2D eigenvalue weighted by molar-refractivity contribution is 5.32. The minimum atomic E-state index is -0.372. The van der Waals surface area contributed by atoms with Gasteiger partial charge in [-0.05, 0) is 50.8 Å². The minimum absolute atomic E-state index is 0.372. The molecule has 0 bridgehead atoms. The molecule has 0 amide bonds. The van der Waals surface area contributed by atoms with E-state index in [1.54, 1.807) is 0 Å². The second-order valence-electron chi connectivity index (χ2n) is 6.60. The average molecular weight is 275 g/mol. The van der Waals surface area contributed by atoms with E-state index in [2.05, 4.69) is 44.0 Å². The van der Waals surface area contributed by atoms with Crippen LogP contribution in [0.15, 0.2) is 18.2 Å². The van der Waals surface area contributed by atoms with Gasteiger partial charge < -0.3 is 10.0 Å². The fourth-order valence-corrected chi connectivity index (χ4v) is 3.40. The third-order valence-electron chi connectivity index (χ3n) is 4.57. The molecule has 1 unspecified atom stereocenters. The zero-order valence-electron chi connectivity index (χ0n) is 13.2. The van der Waals surface area contributed by atoms with E-state index < -0.39 is 0 Å². The molecule has 2 rings (SSSR count). The van der Waals surface area contributed by atoms with Crippen molar-refractivity contribution in [1.82, 2.24) is 4.90 Å². The summed E-state index contributed by atoms with van der Waals surface area (Å²) in [4.78, 5) is 2.31. The Bertz CT molecular complexity index is 423. The van der Waals surface area contributed by atoms with Crippen LogP contribution in [0.4, 0.5) is 0 Å². The van der Waals surface area contributed by atoms with Gasteiger partial charge in [-0.1, -0.05) is 43.0 Å². The molecule has 1 fully saturated rings. The van der Waals surface area contributed by atoms with E-state index in [1.807, 2.05) is 0 Å².